The maximum absolute atomic E-state index is 12.4. The van der Waals surface area contributed by atoms with Gasteiger partial charge in [-0.15, -0.1) is 0 Å². The molecule has 2 fully saturated rings. The zero-order chi connectivity index (χ0) is 23.1. The van der Waals surface area contributed by atoms with Gasteiger partial charge >= 0.3 is 12.1 Å². The number of amides is 1. The van der Waals surface area contributed by atoms with Gasteiger partial charge in [-0.1, -0.05) is 19.9 Å². The third-order valence-electron chi connectivity index (χ3n) is 4.85. The van der Waals surface area contributed by atoms with Crippen molar-refractivity contribution < 1.29 is 37.3 Å². The average Bonchev–Trinajstić information content (AvgIpc) is 2.89. The predicted octanol–water partition coefficient (Wildman–Crippen LogP) is 1.80. The molecule has 1 atom stereocenters. The van der Waals surface area contributed by atoms with Crippen LogP contribution < -0.4 is 0 Å². The van der Waals surface area contributed by atoms with E-state index in [-0.39, 0.29) is 11.8 Å². The number of rotatable bonds is 3. The van der Waals surface area contributed by atoms with Crippen molar-refractivity contribution >= 4 is 11.9 Å². The second-order valence-corrected chi connectivity index (χ2v) is 7.87. The van der Waals surface area contributed by atoms with E-state index in [1.165, 1.54) is 5.56 Å². The summed E-state index contributed by atoms with van der Waals surface area (Å²) in [7, 11) is 0. The number of pyridine rings is 1. The SMILES string of the molecule is CC(C)C(=O)N1CCOC2(COCCN(Cc3cccnc3)C2)C1.O=C(O)C(F)(F)F. The van der Waals surface area contributed by atoms with Gasteiger partial charge in [0.1, 0.15) is 5.60 Å². The molecule has 0 saturated carbocycles. The molecule has 31 heavy (non-hydrogen) atoms. The molecule has 11 heteroatoms. The van der Waals surface area contributed by atoms with Crippen molar-refractivity contribution in [2.24, 2.45) is 5.92 Å². The van der Waals surface area contributed by atoms with Crippen molar-refractivity contribution in [1.29, 1.82) is 0 Å². The van der Waals surface area contributed by atoms with Gasteiger partial charge in [0, 0.05) is 44.5 Å². The first-order valence-electron chi connectivity index (χ1n) is 9.94. The van der Waals surface area contributed by atoms with Crippen molar-refractivity contribution in [3.05, 3.63) is 30.1 Å². The van der Waals surface area contributed by atoms with Crippen LogP contribution in [0.2, 0.25) is 0 Å². The number of aromatic nitrogens is 1. The number of nitrogens with zero attached hydrogens (tertiary/aromatic N) is 3. The molecule has 1 aromatic rings. The highest BCUT2D eigenvalue weighted by atomic mass is 19.4. The molecule has 8 nitrogen and oxygen atoms in total. The second kappa shape index (κ2) is 10.9. The molecule has 1 spiro atoms. The zero-order valence-corrected chi connectivity index (χ0v) is 17.6. The summed E-state index contributed by atoms with van der Waals surface area (Å²) in [5, 5.41) is 7.12. The van der Waals surface area contributed by atoms with Crippen LogP contribution in [-0.2, 0) is 25.6 Å². The van der Waals surface area contributed by atoms with Crippen molar-refractivity contribution in [3.8, 4) is 0 Å². The molecule has 0 radical (unpaired) electrons. The molecular weight excluding hydrogens is 419 g/mol. The molecule has 1 unspecified atom stereocenters. The quantitative estimate of drug-likeness (QED) is 0.756. The van der Waals surface area contributed by atoms with Gasteiger partial charge in [-0.3, -0.25) is 14.7 Å². The maximum Gasteiger partial charge on any atom is 0.490 e. The van der Waals surface area contributed by atoms with Gasteiger partial charge in [0.15, 0.2) is 0 Å². The van der Waals surface area contributed by atoms with Crippen molar-refractivity contribution in [1.82, 2.24) is 14.8 Å². The number of hydrogen-bond donors (Lipinski definition) is 1. The molecule has 1 amide bonds. The summed E-state index contributed by atoms with van der Waals surface area (Å²) in [5.41, 5.74) is 0.752. The Kier molecular flexibility index (Phi) is 8.78. The summed E-state index contributed by atoms with van der Waals surface area (Å²) in [4.78, 5) is 29.8. The monoisotopic (exact) mass is 447 g/mol. The molecule has 3 heterocycles. The van der Waals surface area contributed by atoms with E-state index in [0.717, 1.165) is 19.6 Å². The highest BCUT2D eigenvalue weighted by Gasteiger charge is 2.42. The van der Waals surface area contributed by atoms with Crippen LogP contribution in [0.5, 0.6) is 0 Å². The van der Waals surface area contributed by atoms with Crippen molar-refractivity contribution in [2.75, 3.05) is 46.0 Å². The summed E-state index contributed by atoms with van der Waals surface area (Å²) in [6, 6.07) is 4.04. The Morgan fingerprint density at radius 2 is 1.97 bits per heavy atom. The second-order valence-electron chi connectivity index (χ2n) is 7.87. The summed E-state index contributed by atoms with van der Waals surface area (Å²) in [6.45, 7) is 9.41. The molecular formula is C20H28F3N3O5. The number of ether oxygens (including phenoxy) is 2. The number of aliphatic carboxylic acids is 1. The van der Waals surface area contributed by atoms with Crippen LogP contribution in [0.1, 0.15) is 19.4 Å². The van der Waals surface area contributed by atoms with Crippen LogP contribution in [0.25, 0.3) is 0 Å². The van der Waals surface area contributed by atoms with Crippen LogP contribution in [0, 0.1) is 5.92 Å². The highest BCUT2D eigenvalue weighted by Crippen LogP contribution is 2.24. The Bertz CT molecular complexity index is 733. The van der Waals surface area contributed by atoms with Gasteiger partial charge in [0.05, 0.1) is 26.4 Å². The molecule has 0 aromatic carbocycles. The first-order valence-corrected chi connectivity index (χ1v) is 9.94. The average molecular weight is 447 g/mol. The first-order chi connectivity index (χ1) is 14.5. The number of carbonyl (C=O) groups excluding carboxylic acids is 1. The highest BCUT2D eigenvalue weighted by molar-refractivity contribution is 5.78. The van der Waals surface area contributed by atoms with E-state index in [1.54, 1.807) is 6.20 Å². The Labute approximate surface area is 178 Å². The lowest BCUT2D eigenvalue weighted by molar-refractivity contribution is -0.192. The Hall–Kier alpha value is -2.24. The van der Waals surface area contributed by atoms with Gasteiger partial charge in [0.25, 0.3) is 0 Å². The van der Waals surface area contributed by atoms with Crippen molar-refractivity contribution in [2.45, 2.75) is 32.2 Å². The number of carboxylic acids is 1. The molecule has 0 aliphatic carbocycles. The third-order valence-corrected chi connectivity index (χ3v) is 4.85. The molecule has 2 saturated heterocycles. The van der Waals surface area contributed by atoms with Gasteiger partial charge in [-0.25, -0.2) is 4.79 Å². The third kappa shape index (κ3) is 7.75. The number of carboxylic acid groups (broad SMARTS) is 1. The smallest absolute Gasteiger partial charge is 0.475 e. The largest absolute Gasteiger partial charge is 0.490 e. The van der Waals surface area contributed by atoms with E-state index in [2.05, 4.69) is 16.0 Å². The number of alkyl halides is 3. The zero-order valence-electron chi connectivity index (χ0n) is 17.6. The van der Waals surface area contributed by atoms with E-state index in [4.69, 9.17) is 19.4 Å². The summed E-state index contributed by atoms with van der Waals surface area (Å²) in [6.07, 6.45) is -1.40. The van der Waals surface area contributed by atoms with E-state index in [1.807, 2.05) is 31.0 Å². The van der Waals surface area contributed by atoms with Gasteiger partial charge in [-0.05, 0) is 11.6 Å². The summed E-state index contributed by atoms with van der Waals surface area (Å²) >= 11 is 0. The number of morpholine rings is 1. The van der Waals surface area contributed by atoms with E-state index >= 15 is 0 Å². The number of hydrogen-bond acceptors (Lipinski definition) is 6. The minimum absolute atomic E-state index is 0.0124. The lowest BCUT2D eigenvalue weighted by atomic mass is 10.0. The minimum atomic E-state index is -5.08. The maximum atomic E-state index is 12.4. The Morgan fingerprint density at radius 1 is 1.26 bits per heavy atom. The molecule has 0 bridgehead atoms. The van der Waals surface area contributed by atoms with E-state index < -0.39 is 17.7 Å². The topological polar surface area (TPSA) is 92.2 Å². The fourth-order valence-electron chi connectivity index (χ4n) is 3.45. The van der Waals surface area contributed by atoms with Crippen molar-refractivity contribution in [3.63, 3.8) is 0 Å². The normalized spacial score (nSPS) is 22.6. The fraction of sp³-hybridized carbons (Fsp3) is 0.650. The van der Waals surface area contributed by atoms with Crippen LogP contribution in [0.15, 0.2) is 24.5 Å². The fourth-order valence-corrected chi connectivity index (χ4v) is 3.45. The van der Waals surface area contributed by atoms with E-state index in [0.29, 0.717) is 32.9 Å². The molecule has 2 aliphatic heterocycles. The van der Waals surface area contributed by atoms with Crippen LogP contribution in [-0.4, -0.2) is 89.5 Å². The lowest BCUT2D eigenvalue weighted by Crippen LogP contribution is -2.60. The molecule has 2 aliphatic rings. The van der Waals surface area contributed by atoms with Crippen LogP contribution in [0.4, 0.5) is 13.2 Å². The number of carbonyl (C=O) groups is 2. The van der Waals surface area contributed by atoms with Gasteiger partial charge in [0.2, 0.25) is 5.91 Å². The van der Waals surface area contributed by atoms with Crippen LogP contribution >= 0.6 is 0 Å². The van der Waals surface area contributed by atoms with Gasteiger partial charge in [-0.2, -0.15) is 13.2 Å². The Balaban J connectivity index is 0.000000423. The van der Waals surface area contributed by atoms with Gasteiger partial charge < -0.3 is 19.5 Å². The summed E-state index contributed by atoms with van der Waals surface area (Å²) in [5.74, 6) is -2.55. The van der Waals surface area contributed by atoms with Crippen LogP contribution in [0.3, 0.4) is 0 Å². The molecule has 174 valence electrons. The summed E-state index contributed by atoms with van der Waals surface area (Å²) < 4.78 is 43.7. The molecule has 1 aromatic heterocycles. The number of halogens is 3. The first kappa shape index (κ1) is 25.0. The molecule has 1 N–H and O–H groups in total. The minimum Gasteiger partial charge on any atom is -0.475 e. The standard InChI is InChI=1S/C18H27N3O3.C2HF3O2/c1-15(2)17(22)21-7-9-24-18(13-21)12-20(6-8-23-14-18)11-16-4-3-5-19-10-16;3-2(4,5)1(6)7/h3-5,10,15H,6-9,11-14H2,1-2H3;(H,6,7). The molecule has 3 rings (SSSR count). The predicted molar refractivity (Wildman–Crippen MR) is 104 cm³/mol. The lowest BCUT2D eigenvalue weighted by Gasteiger charge is -2.43. The van der Waals surface area contributed by atoms with E-state index in [9.17, 15) is 18.0 Å². The Morgan fingerprint density at radius 3 is 2.55 bits per heavy atom.